The van der Waals surface area contributed by atoms with Crippen LogP contribution >= 0.6 is 12.2 Å². The summed E-state index contributed by atoms with van der Waals surface area (Å²) in [5, 5.41) is 9.26. The van der Waals surface area contributed by atoms with Gasteiger partial charge in [0, 0.05) is 24.2 Å². The van der Waals surface area contributed by atoms with E-state index in [-0.39, 0.29) is 23.5 Å². The van der Waals surface area contributed by atoms with Crippen LogP contribution in [0.1, 0.15) is 0 Å². The molecule has 124 valence electrons. The van der Waals surface area contributed by atoms with Crippen LogP contribution in [0.2, 0.25) is 0 Å². The molecule has 2 N–H and O–H groups in total. The third-order valence-corrected chi connectivity index (χ3v) is 3.66. The second-order valence-corrected chi connectivity index (χ2v) is 4.99. The van der Waals surface area contributed by atoms with Crippen molar-refractivity contribution in [3.63, 3.8) is 0 Å². The number of benzene rings is 1. The van der Waals surface area contributed by atoms with Crippen molar-refractivity contribution in [1.82, 2.24) is 9.55 Å². The average molecular weight is 338 g/mol. The predicted molar refractivity (Wildman–Crippen MR) is 88.1 cm³/mol. The Bertz CT molecular complexity index is 812. The van der Waals surface area contributed by atoms with Gasteiger partial charge in [-0.05, 0) is 18.3 Å². The van der Waals surface area contributed by atoms with E-state index in [1.165, 1.54) is 27.4 Å². The van der Waals surface area contributed by atoms with Crippen LogP contribution in [0.25, 0.3) is 11.3 Å². The van der Waals surface area contributed by atoms with Crippen molar-refractivity contribution in [3.8, 4) is 28.5 Å². The molecule has 0 aliphatic heterocycles. The summed E-state index contributed by atoms with van der Waals surface area (Å²) in [6.07, 6.45) is 0. The van der Waals surface area contributed by atoms with Crippen LogP contribution < -0.4 is 19.8 Å². The summed E-state index contributed by atoms with van der Waals surface area (Å²) < 4.78 is 17.8. The van der Waals surface area contributed by atoms with Crippen molar-refractivity contribution in [2.24, 2.45) is 0 Å². The number of rotatable bonds is 6. The fourth-order valence-electron chi connectivity index (χ4n) is 2.29. The molecule has 7 nitrogen and oxygen atoms in total. The number of H-pyrrole nitrogens is 1. The minimum Gasteiger partial charge on any atom is -0.496 e. The van der Waals surface area contributed by atoms with Gasteiger partial charge in [-0.15, -0.1) is 0 Å². The first-order chi connectivity index (χ1) is 11.0. The lowest BCUT2D eigenvalue weighted by Crippen LogP contribution is -2.16. The quantitative estimate of drug-likeness (QED) is 0.778. The van der Waals surface area contributed by atoms with Gasteiger partial charge in [-0.3, -0.25) is 9.78 Å². The largest absolute Gasteiger partial charge is 0.496 e. The summed E-state index contributed by atoms with van der Waals surface area (Å²) >= 11 is 5.18. The van der Waals surface area contributed by atoms with Crippen LogP contribution in [-0.2, 0) is 6.54 Å². The highest BCUT2D eigenvalue weighted by Gasteiger charge is 2.16. The Hall–Kier alpha value is -2.32. The van der Waals surface area contributed by atoms with Crippen molar-refractivity contribution in [2.45, 2.75) is 6.54 Å². The normalized spacial score (nSPS) is 10.4. The first-order valence-corrected chi connectivity index (χ1v) is 7.22. The van der Waals surface area contributed by atoms with Gasteiger partial charge in [0.15, 0.2) is 16.3 Å². The van der Waals surface area contributed by atoms with Gasteiger partial charge < -0.3 is 23.9 Å². The Balaban J connectivity index is 2.80. The van der Waals surface area contributed by atoms with E-state index in [2.05, 4.69) is 4.98 Å². The molecular weight excluding hydrogens is 320 g/mol. The van der Waals surface area contributed by atoms with Gasteiger partial charge in [0.2, 0.25) is 0 Å². The smallest absolute Gasteiger partial charge is 0.252 e. The minimum absolute atomic E-state index is 0.122. The second-order valence-electron chi connectivity index (χ2n) is 4.61. The fraction of sp³-hybridized carbons (Fsp3) is 0.333. The third-order valence-electron chi connectivity index (χ3n) is 3.34. The lowest BCUT2D eigenvalue weighted by molar-refractivity contribution is 0.275. The van der Waals surface area contributed by atoms with E-state index < -0.39 is 0 Å². The maximum Gasteiger partial charge on any atom is 0.252 e. The summed E-state index contributed by atoms with van der Waals surface area (Å²) in [5.74, 6) is 1.49. The summed E-state index contributed by atoms with van der Waals surface area (Å²) in [6, 6.07) is 4.77. The molecule has 2 aromatic rings. The van der Waals surface area contributed by atoms with E-state index in [1.54, 1.807) is 16.7 Å². The highest BCUT2D eigenvalue weighted by molar-refractivity contribution is 7.71. The van der Waals surface area contributed by atoms with Gasteiger partial charge in [0.1, 0.15) is 5.75 Å². The molecule has 0 atom stereocenters. The molecule has 0 aliphatic rings. The number of aliphatic hydroxyl groups is 1. The Morgan fingerprint density at radius 2 is 1.70 bits per heavy atom. The fourth-order valence-corrected chi connectivity index (χ4v) is 2.59. The van der Waals surface area contributed by atoms with Crippen LogP contribution in [0.3, 0.4) is 0 Å². The second kappa shape index (κ2) is 7.30. The first kappa shape index (κ1) is 17.0. The van der Waals surface area contributed by atoms with E-state index >= 15 is 0 Å². The monoisotopic (exact) mass is 338 g/mol. The Kier molecular flexibility index (Phi) is 5.41. The Morgan fingerprint density at radius 1 is 1.09 bits per heavy atom. The van der Waals surface area contributed by atoms with Crippen molar-refractivity contribution >= 4 is 12.2 Å². The van der Waals surface area contributed by atoms with Gasteiger partial charge in [-0.2, -0.15) is 0 Å². The molecule has 23 heavy (non-hydrogen) atoms. The molecule has 0 fully saturated rings. The molecule has 1 aromatic heterocycles. The lowest BCUT2D eigenvalue weighted by Gasteiger charge is -2.17. The standard InChI is InChI=1S/C15H18N2O5S/c1-20-11-8-13(22-3)12(21-2)6-9(11)10-7-14(19)16-15(23)17(10)4-5-18/h6-8,18H,4-5H2,1-3H3,(H,16,19,23). The van der Waals surface area contributed by atoms with Gasteiger partial charge >= 0.3 is 0 Å². The highest BCUT2D eigenvalue weighted by Crippen LogP contribution is 2.39. The lowest BCUT2D eigenvalue weighted by atomic mass is 10.1. The number of aliphatic hydroxyl groups excluding tert-OH is 1. The molecule has 0 unspecified atom stereocenters. The van der Waals surface area contributed by atoms with Crippen molar-refractivity contribution in [1.29, 1.82) is 0 Å². The summed E-state index contributed by atoms with van der Waals surface area (Å²) in [4.78, 5) is 14.4. The maximum absolute atomic E-state index is 11.8. The molecule has 0 saturated heterocycles. The zero-order valence-electron chi connectivity index (χ0n) is 13.1. The van der Waals surface area contributed by atoms with Crippen molar-refractivity contribution in [3.05, 3.63) is 33.3 Å². The van der Waals surface area contributed by atoms with Crippen molar-refractivity contribution in [2.75, 3.05) is 27.9 Å². The number of nitrogens with one attached hydrogen (secondary N) is 1. The van der Waals surface area contributed by atoms with Crippen LogP contribution in [0.4, 0.5) is 0 Å². The zero-order chi connectivity index (χ0) is 17.0. The van der Waals surface area contributed by atoms with Crippen LogP contribution in [0, 0.1) is 4.77 Å². The van der Waals surface area contributed by atoms with E-state index in [4.69, 9.17) is 26.4 Å². The van der Waals surface area contributed by atoms with Crippen molar-refractivity contribution < 1.29 is 19.3 Å². The van der Waals surface area contributed by atoms with Gasteiger partial charge in [-0.25, -0.2) is 0 Å². The summed E-state index contributed by atoms with van der Waals surface area (Å²) in [7, 11) is 4.56. The molecule has 8 heteroatoms. The number of hydrogen-bond acceptors (Lipinski definition) is 6. The van der Waals surface area contributed by atoms with Gasteiger partial charge in [0.25, 0.3) is 5.56 Å². The van der Waals surface area contributed by atoms with E-state index in [9.17, 15) is 9.90 Å². The molecule has 2 rings (SSSR count). The molecule has 1 heterocycles. The van der Waals surface area contributed by atoms with E-state index in [0.29, 0.717) is 28.5 Å². The van der Waals surface area contributed by atoms with E-state index in [1.807, 2.05) is 0 Å². The first-order valence-electron chi connectivity index (χ1n) is 6.81. The minimum atomic E-state index is -0.337. The number of hydrogen-bond donors (Lipinski definition) is 2. The molecule has 0 saturated carbocycles. The SMILES string of the molecule is COc1cc(OC)c(-c2cc(=O)[nH]c(=S)n2CCO)cc1OC. The average Bonchev–Trinajstić information content (AvgIpc) is 2.55. The van der Waals surface area contributed by atoms with Gasteiger partial charge in [0.05, 0.1) is 33.6 Å². The molecular formula is C15H18N2O5S. The summed E-state index contributed by atoms with van der Waals surface area (Å²) in [5.41, 5.74) is 0.789. The number of ether oxygens (including phenoxy) is 3. The highest BCUT2D eigenvalue weighted by atomic mass is 32.1. The Labute approximate surface area is 138 Å². The predicted octanol–water partition coefficient (Wildman–Crippen LogP) is 1.59. The maximum atomic E-state index is 11.8. The molecule has 0 aliphatic carbocycles. The Morgan fingerprint density at radius 3 is 2.26 bits per heavy atom. The third kappa shape index (κ3) is 3.38. The molecule has 0 radical (unpaired) electrons. The molecule has 0 amide bonds. The van der Waals surface area contributed by atoms with E-state index in [0.717, 1.165) is 0 Å². The number of methoxy groups -OCH3 is 3. The molecule has 0 bridgehead atoms. The topological polar surface area (TPSA) is 85.7 Å². The van der Waals surface area contributed by atoms with Gasteiger partial charge in [-0.1, -0.05) is 0 Å². The number of aromatic nitrogens is 2. The summed E-state index contributed by atoms with van der Waals surface area (Å²) in [6.45, 7) is 0.116. The van der Waals surface area contributed by atoms with Crippen LogP contribution in [-0.4, -0.2) is 42.6 Å². The number of aromatic amines is 1. The molecule has 0 spiro atoms. The zero-order valence-corrected chi connectivity index (χ0v) is 13.9. The molecule has 1 aromatic carbocycles. The van der Waals surface area contributed by atoms with Crippen LogP contribution in [0.15, 0.2) is 23.0 Å². The number of nitrogens with zero attached hydrogens (tertiary/aromatic N) is 1. The van der Waals surface area contributed by atoms with Crippen LogP contribution in [0.5, 0.6) is 17.2 Å².